The Morgan fingerprint density at radius 2 is 1.77 bits per heavy atom. The lowest BCUT2D eigenvalue weighted by Crippen LogP contribution is -2.25. The van der Waals surface area contributed by atoms with Gasteiger partial charge in [0.15, 0.2) is 11.6 Å². The molecule has 4 aromatic rings. The third-order valence-corrected chi connectivity index (χ3v) is 6.94. The Labute approximate surface area is 210 Å². The van der Waals surface area contributed by atoms with Gasteiger partial charge in [0.25, 0.3) is 5.91 Å². The highest BCUT2D eigenvalue weighted by Gasteiger charge is 2.24. The molecule has 2 aromatic carbocycles. The third-order valence-electron chi connectivity index (χ3n) is 5.35. The zero-order chi connectivity index (χ0) is 25.1. The van der Waals surface area contributed by atoms with Crippen molar-refractivity contribution in [3.05, 3.63) is 98.4 Å². The monoisotopic (exact) mass is 508 g/mol. The highest BCUT2D eigenvalue weighted by atomic mass is 35.5. The highest BCUT2D eigenvalue weighted by Crippen LogP contribution is 2.32. The first kappa shape index (κ1) is 24.3. The van der Waals surface area contributed by atoms with E-state index in [0.717, 1.165) is 11.3 Å². The Balaban J connectivity index is 1.66. The number of benzene rings is 2. The lowest BCUT2D eigenvalue weighted by atomic mass is 10.0. The Morgan fingerprint density at radius 1 is 1.03 bits per heavy atom. The molecule has 0 saturated heterocycles. The van der Waals surface area contributed by atoms with Crippen molar-refractivity contribution in [2.24, 2.45) is 0 Å². The molecule has 0 atom stereocenters. The van der Waals surface area contributed by atoms with Gasteiger partial charge in [-0.25, -0.2) is 4.79 Å². The molecule has 0 aliphatic heterocycles. The number of carbonyl (C=O) groups excluding carboxylic acids is 2. The molecule has 10 heteroatoms. The van der Waals surface area contributed by atoms with Gasteiger partial charge in [-0.2, -0.15) is 0 Å². The molecule has 0 radical (unpaired) electrons. The van der Waals surface area contributed by atoms with Gasteiger partial charge in [-0.15, -0.1) is 21.5 Å². The van der Waals surface area contributed by atoms with Gasteiger partial charge in [0.05, 0.1) is 22.7 Å². The molecular formula is C25H21ClN4O4S. The van der Waals surface area contributed by atoms with Crippen LogP contribution in [0.1, 0.15) is 60.1 Å². The Kier molecular flexibility index (Phi) is 7.09. The van der Waals surface area contributed by atoms with Gasteiger partial charge in [0, 0.05) is 16.0 Å². The van der Waals surface area contributed by atoms with Crippen LogP contribution >= 0.6 is 22.9 Å². The number of amides is 1. The topological polar surface area (TPSA) is 114 Å². The van der Waals surface area contributed by atoms with E-state index in [1.807, 2.05) is 13.0 Å². The molecule has 35 heavy (non-hydrogen) atoms. The van der Waals surface area contributed by atoms with Gasteiger partial charge in [-0.1, -0.05) is 36.7 Å². The molecule has 0 saturated carbocycles. The Hall–Kier alpha value is -3.82. The maximum atomic E-state index is 13.4. The number of hydrogen-bond acceptors (Lipinski definition) is 6. The van der Waals surface area contributed by atoms with E-state index >= 15 is 0 Å². The summed E-state index contributed by atoms with van der Waals surface area (Å²) in [5.74, 6) is -0.791. The number of ketones is 1. The molecule has 4 rings (SSSR count). The minimum absolute atomic E-state index is 0.0186. The predicted molar refractivity (Wildman–Crippen MR) is 133 cm³/mol. The maximum Gasteiger partial charge on any atom is 0.335 e. The van der Waals surface area contributed by atoms with Crippen molar-refractivity contribution >= 4 is 40.6 Å². The van der Waals surface area contributed by atoms with E-state index in [1.54, 1.807) is 35.8 Å². The van der Waals surface area contributed by atoms with Gasteiger partial charge in [-0.3, -0.25) is 14.2 Å². The van der Waals surface area contributed by atoms with Crippen LogP contribution in [0.4, 0.5) is 0 Å². The first-order valence-corrected chi connectivity index (χ1v) is 11.9. The van der Waals surface area contributed by atoms with Crippen molar-refractivity contribution in [2.45, 2.75) is 26.8 Å². The SMILES string of the molecule is CCc1cc(C(=O)c2ccccc2Cl)c(-n2c(C)nnc2CNC(=O)c2cccc(C(=O)O)c2)s1. The summed E-state index contributed by atoms with van der Waals surface area (Å²) in [5, 5.41) is 21.3. The van der Waals surface area contributed by atoms with Gasteiger partial charge in [-0.05, 0) is 49.7 Å². The smallest absolute Gasteiger partial charge is 0.335 e. The number of nitrogens with zero attached hydrogens (tertiary/aromatic N) is 3. The molecule has 0 bridgehead atoms. The minimum atomic E-state index is -1.12. The fourth-order valence-corrected chi connectivity index (χ4v) is 4.95. The van der Waals surface area contributed by atoms with Crippen molar-refractivity contribution in [1.29, 1.82) is 0 Å². The van der Waals surface area contributed by atoms with Gasteiger partial charge < -0.3 is 10.4 Å². The van der Waals surface area contributed by atoms with Crippen molar-refractivity contribution < 1.29 is 19.5 Å². The Bertz CT molecular complexity index is 1440. The number of nitrogens with one attached hydrogen (secondary N) is 1. The molecule has 1 amide bonds. The number of carbonyl (C=O) groups is 3. The average molecular weight is 509 g/mol. The molecule has 0 unspecified atom stereocenters. The van der Waals surface area contributed by atoms with Crippen molar-refractivity contribution in [3.8, 4) is 5.00 Å². The molecule has 178 valence electrons. The second-order valence-electron chi connectivity index (χ2n) is 7.66. The summed E-state index contributed by atoms with van der Waals surface area (Å²) >= 11 is 7.74. The van der Waals surface area contributed by atoms with E-state index in [-0.39, 0.29) is 23.5 Å². The van der Waals surface area contributed by atoms with E-state index in [4.69, 9.17) is 16.7 Å². The molecule has 2 heterocycles. The standard InChI is InChI=1S/C25H21ClN4O4S/c1-3-17-12-19(22(31)18-9-4-5-10-20(18)26)24(35-17)30-14(2)28-29-21(30)13-27-23(32)15-7-6-8-16(11-15)25(33)34/h4-12H,3,13H2,1-2H3,(H,27,32)(H,33,34). The summed E-state index contributed by atoms with van der Waals surface area (Å²) in [6.45, 7) is 3.80. The van der Waals surface area contributed by atoms with Gasteiger partial charge >= 0.3 is 5.97 Å². The van der Waals surface area contributed by atoms with Crippen LogP contribution < -0.4 is 5.32 Å². The van der Waals surface area contributed by atoms with Crippen LogP contribution in [-0.2, 0) is 13.0 Å². The second kappa shape index (κ2) is 10.2. The molecule has 2 N–H and O–H groups in total. The molecule has 0 fully saturated rings. The lowest BCUT2D eigenvalue weighted by molar-refractivity contribution is 0.0696. The second-order valence-corrected chi connectivity index (χ2v) is 9.18. The summed E-state index contributed by atoms with van der Waals surface area (Å²) in [7, 11) is 0. The summed E-state index contributed by atoms with van der Waals surface area (Å²) in [5.41, 5.74) is 1.11. The maximum absolute atomic E-state index is 13.4. The molecule has 2 aromatic heterocycles. The zero-order valence-electron chi connectivity index (χ0n) is 18.9. The number of halogens is 1. The quantitative estimate of drug-likeness (QED) is 0.333. The molecule has 0 aliphatic rings. The van der Waals surface area contributed by atoms with E-state index in [9.17, 15) is 14.4 Å². The van der Waals surface area contributed by atoms with Crippen LogP contribution in [0.25, 0.3) is 5.00 Å². The third kappa shape index (κ3) is 5.01. The summed E-state index contributed by atoms with van der Waals surface area (Å²) in [4.78, 5) is 38.3. The van der Waals surface area contributed by atoms with Crippen LogP contribution in [0.2, 0.25) is 5.02 Å². The molecule has 0 spiro atoms. The zero-order valence-corrected chi connectivity index (χ0v) is 20.5. The normalized spacial score (nSPS) is 10.8. The number of aromatic nitrogens is 3. The van der Waals surface area contributed by atoms with Gasteiger partial charge in [0.2, 0.25) is 0 Å². The van der Waals surface area contributed by atoms with Crippen LogP contribution in [0, 0.1) is 6.92 Å². The van der Waals surface area contributed by atoms with E-state index in [0.29, 0.717) is 32.8 Å². The highest BCUT2D eigenvalue weighted by molar-refractivity contribution is 7.15. The number of carboxylic acids is 1. The van der Waals surface area contributed by atoms with Crippen LogP contribution in [-0.4, -0.2) is 37.5 Å². The number of thiophene rings is 1. The van der Waals surface area contributed by atoms with E-state index in [2.05, 4.69) is 15.5 Å². The fourth-order valence-electron chi connectivity index (χ4n) is 3.56. The van der Waals surface area contributed by atoms with Crippen LogP contribution in [0.15, 0.2) is 54.6 Å². The predicted octanol–water partition coefficient (Wildman–Crippen LogP) is 4.71. The number of hydrogen-bond donors (Lipinski definition) is 2. The number of aromatic carboxylic acids is 1. The fraction of sp³-hybridized carbons (Fsp3) is 0.160. The van der Waals surface area contributed by atoms with Crippen molar-refractivity contribution in [3.63, 3.8) is 0 Å². The summed E-state index contributed by atoms with van der Waals surface area (Å²) in [6.07, 6.45) is 0.737. The minimum Gasteiger partial charge on any atom is -0.478 e. The average Bonchev–Trinajstić information content (AvgIpc) is 3.45. The summed E-state index contributed by atoms with van der Waals surface area (Å²) in [6, 6.07) is 14.5. The van der Waals surface area contributed by atoms with Crippen molar-refractivity contribution in [1.82, 2.24) is 20.1 Å². The van der Waals surface area contributed by atoms with Gasteiger partial charge in [0.1, 0.15) is 10.8 Å². The van der Waals surface area contributed by atoms with Crippen molar-refractivity contribution in [2.75, 3.05) is 0 Å². The first-order valence-electron chi connectivity index (χ1n) is 10.7. The molecular weight excluding hydrogens is 488 g/mol. The van der Waals surface area contributed by atoms with E-state index < -0.39 is 11.9 Å². The largest absolute Gasteiger partial charge is 0.478 e. The van der Waals surface area contributed by atoms with Crippen LogP contribution in [0.5, 0.6) is 0 Å². The van der Waals surface area contributed by atoms with Crippen LogP contribution in [0.3, 0.4) is 0 Å². The Morgan fingerprint density at radius 3 is 2.49 bits per heavy atom. The number of carboxylic acid groups (broad SMARTS) is 1. The lowest BCUT2D eigenvalue weighted by Gasteiger charge is -2.11. The van der Waals surface area contributed by atoms with E-state index in [1.165, 1.54) is 35.6 Å². The molecule has 0 aliphatic carbocycles. The first-order chi connectivity index (χ1) is 16.8. The number of aryl methyl sites for hydroxylation is 2. The summed E-state index contributed by atoms with van der Waals surface area (Å²) < 4.78 is 1.75. The molecule has 8 nitrogen and oxygen atoms in total. The number of rotatable bonds is 8.